The molecule has 2 heterocycles. The van der Waals surface area contributed by atoms with Crippen LogP contribution in [0.4, 0.5) is 21.6 Å². The van der Waals surface area contributed by atoms with Gasteiger partial charge in [-0.05, 0) is 92.8 Å². The van der Waals surface area contributed by atoms with E-state index in [0.29, 0.717) is 16.4 Å². The zero-order valence-corrected chi connectivity index (χ0v) is 26.2. The summed E-state index contributed by atoms with van der Waals surface area (Å²) in [6.07, 6.45) is 1.25. The molecule has 0 bridgehead atoms. The van der Waals surface area contributed by atoms with Gasteiger partial charge in [-0.15, -0.1) is 12.4 Å². The lowest BCUT2D eigenvalue weighted by molar-refractivity contribution is -0.116. The fourth-order valence-electron chi connectivity index (χ4n) is 4.81. The number of carbonyl (C=O) groups is 1. The maximum Gasteiger partial charge on any atom is 0.336 e. The van der Waals surface area contributed by atoms with E-state index in [1.165, 1.54) is 53.4 Å². The molecule has 42 heavy (non-hydrogen) atoms. The standard InChI is InChI=1S/C28H28FIN6O5.ClH/c1-14-24-23(25(34(4)26(14)39)32-19-9-5-15(30)11-18(19)29)27(40)36(16-6-7-16)28(41)35(24)17-8-10-21(37)20(12-17)31-22(38)13-33(2)3;/h5,8-12,16,32,37H,6-7,13H2,1-4H3,(H,31,38);1H. The van der Waals surface area contributed by atoms with Crippen LogP contribution in [0, 0.1) is 16.3 Å². The number of halogens is 3. The maximum atomic E-state index is 14.9. The van der Waals surface area contributed by atoms with Gasteiger partial charge in [0.2, 0.25) is 5.91 Å². The second-order valence-electron chi connectivity index (χ2n) is 10.3. The first-order valence-corrected chi connectivity index (χ1v) is 13.9. The van der Waals surface area contributed by atoms with Gasteiger partial charge in [-0.2, -0.15) is 0 Å². The molecular formula is C28H29ClFIN6O5. The van der Waals surface area contributed by atoms with Gasteiger partial charge in [-0.3, -0.25) is 28.1 Å². The molecule has 5 rings (SSSR count). The van der Waals surface area contributed by atoms with Crippen molar-refractivity contribution < 1.29 is 14.3 Å². The van der Waals surface area contributed by atoms with Crippen LogP contribution in [0.15, 0.2) is 50.8 Å². The molecule has 1 saturated carbocycles. The SMILES string of the molecule is Cc1c(=O)n(C)c(Nc2ccc(I)cc2F)c2c(=O)n(C3CC3)c(=O)n(-c3ccc(O)c(NC(=O)CN(C)C)c3)c12.Cl. The van der Waals surface area contributed by atoms with Crippen molar-refractivity contribution in [1.82, 2.24) is 18.6 Å². The summed E-state index contributed by atoms with van der Waals surface area (Å²) in [7, 11) is 4.91. The number of aryl methyl sites for hydroxylation is 1. The normalized spacial score (nSPS) is 12.8. The van der Waals surface area contributed by atoms with Crippen molar-refractivity contribution in [1.29, 1.82) is 0 Å². The Morgan fingerprint density at radius 3 is 2.40 bits per heavy atom. The first-order valence-electron chi connectivity index (χ1n) is 12.8. The third kappa shape index (κ3) is 5.68. The van der Waals surface area contributed by atoms with E-state index >= 15 is 0 Å². The van der Waals surface area contributed by atoms with Crippen LogP contribution in [-0.2, 0) is 11.8 Å². The highest BCUT2D eigenvalue weighted by Gasteiger charge is 2.32. The number of aromatic hydroxyl groups is 1. The zero-order valence-electron chi connectivity index (χ0n) is 23.2. The number of amides is 1. The molecule has 0 aliphatic heterocycles. The molecule has 0 saturated heterocycles. The van der Waals surface area contributed by atoms with Gasteiger partial charge in [0.05, 0.1) is 29.1 Å². The Kier molecular flexibility index (Phi) is 8.85. The minimum atomic E-state index is -0.663. The molecule has 0 radical (unpaired) electrons. The van der Waals surface area contributed by atoms with Crippen LogP contribution in [0.5, 0.6) is 5.75 Å². The Balaban J connectivity index is 0.00000405. The van der Waals surface area contributed by atoms with E-state index in [1.54, 1.807) is 25.1 Å². The van der Waals surface area contributed by atoms with Crippen LogP contribution in [0.25, 0.3) is 16.6 Å². The molecule has 3 N–H and O–H groups in total. The third-order valence-electron chi connectivity index (χ3n) is 6.91. The monoisotopic (exact) mass is 710 g/mol. The van der Waals surface area contributed by atoms with Crippen LogP contribution >= 0.6 is 35.0 Å². The predicted molar refractivity (Wildman–Crippen MR) is 171 cm³/mol. The first-order chi connectivity index (χ1) is 19.4. The third-order valence-corrected chi connectivity index (χ3v) is 7.58. The quantitative estimate of drug-likeness (QED) is 0.198. The molecule has 11 nitrogen and oxygen atoms in total. The van der Waals surface area contributed by atoms with Crippen molar-refractivity contribution in [2.45, 2.75) is 25.8 Å². The number of phenolic OH excluding ortho intramolecular Hbond substituents is 1. The van der Waals surface area contributed by atoms with E-state index in [-0.39, 0.29) is 70.1 Å². The maximum absolute atomic E-state index is 14.9. The van der Waals surface area contributed by atoms with Crippen LogP contribution in [0.2, 0.25) is 0 Å². The lowest BCUT2D eigenvalue weighted by Crippen LogP contribution is -2.41. The number of rotatable bonds is 7. The molecule has 1 aliphatic carbocycles. The number of carbonyl (C=O) groups excluding carboxylic acids is 1. The summed E-state index contributed by atoms with van der Waals surface area (Å²) in [4.78, 5) is 55.4. The number of nitrogens with one attached hydrogen (secondary N) is 2. The largest absolute Gasteiger partial charge is 0.506 e. The van der Waals surface area contributed by atoms with Crippen molar-refractivity contribution >= 4 is 69.0 Å². The van der Waals surface area contributed by atoms with Gasteiger partial charge < -0.3 is 20.6 Å². The molecule has 14 heteroatoms. The highest BCUT2D eigenvalue weighted by atomic mass is 127. The van der Waals surface area contributed by atoms with Gasteiger partial charge in [0.25, 0.3) is 11.1 Å². The number of pyridine rings is 1. The van der Waals surface area contributed by atoms with Gasteiger partial charge in [-0.25, -0.2) is 9.18 Å². The molecule has 4 aromatic rings. The Bertz CT molecular complexity index is 1910. The second-order valence-corrected chi connectivity index (χ2v) is 11.6. The zero-order chi connectivity index (χ0) is 29.7. The number of phenols is 1. The summed E-state index contributed by atoms with van der Waals surface area (Å²) < 4.78 is 19.2. The number of nitrogens with zero attached hydrogens (tertiary/aromatic N) is 4. The molecule has 0 unspecified atom stereocenters. The van der Waals surface area contributed by atoms with E-state index in [0.717, 1.165) is 4.57 Å². The Labute approximate surface area is 259 Å². The molecule has 2 aromatic carbocycles. The summed E-state index contributed by atoms with van der Waals surface area (Å²) in [5, 5.41) is 16.0. The average Bonchev–Trinajstić information content (AvgIpc) is 3.73. The van der Waals surface area contributed by atoms with E-state index < -0.39 is 28.5 Å². The number of likely N-dealkylation sites (N-methyl/N-ethyl adjacent to an activating group) is 1. The lowest BCUT2D eigenvalue weighted by Gasteiger charge is -2.21. The van der Waals surface area contributed by atoms with Gasteiger partial charge in [0.15, 0.2) is 0 Å². The number of hydrogen-bond acceptors (Lipinski definition) is 7. The molecule has 2 aromatic heterocycles. The minimum Gasteiger partial charge on any atom is -0.506 e. The number of aromatic nitrogens is 3. The first kappa shape index (κ1) is 31.3. The van der Waals surface area contributed by atoms with E-state index in [4.69, 9.17) is 0 Å². The van der Waals surface area contributed by atoms with Crippen molar-refractivity contribution in [3.63, 3.8) is 0 Å². The molecule has 222 valence electrons. The topological polar surface area (TPSA) is 131 Å². The Hall–Kier alpha value is -3.69. The molecule has 1 fully saturated rings. The van der Waals surface area contributed by atoms with E-state index in [9.17, 15) is 28.7 Å². The summed E-state index contributed by atoms with van der Waals surface area (Å²) in [5.74, 6) is -1.16. The number of benzene rings is 2. The fourth-order valence-corrected chi connectivity index (χ4v) is 5.27. The molecular weight excluding hydrogens is 682 g/mol. The number of fused-ring (bicyclic) bond motifs is 1. The number of anilines is 3. The van der Waals surface area contributed by atoms with Crippen LogP contribution in [-0.4, -0.2) is 50.3 Å². The second kappa shape index (κ2) is 11.9. The molecule has 1 amide bonds. The fraction of sp³-hybridized carbons (Fsp3) is 0.286. The van der Waals surface area contributed by atoms with Crippen molar-refractivity contribution in [3.05, 3.63) is 82.5 Å². The Morgan fingerprint density at radius 2 is 1.79 bits per heavy atom. The molecule has 0 atom stereocenters. The van der Waals surface area contributed by atoms with Gasteiger partial charge >= 0.3 is 5.69 Å². The summed E-state index contributed by atoms with van der Waals surface area (Å²) >= 11 is 1.98. The highest BCUT2D eigenvalue weighted by Crippen LogP contribution is 2.35. The van der Waals surface area contributed by atoms with Gasteiger partial charge in [0.1, 0.15) is 22.8 Å². The average molecular weight is 711 g/mol. The van der Waals surface area contributed by atoms with Crippen LogP contribution in [0.3, 0.4) is 0 Å². The molecule has 0 spiro atoms. The van der Waals surface area contributed by atoms with Gasteiger partial charge in [-0.1, -0.05) is 0 Å². The van der Waals surface area contributed by atoms with E-state index in [1.807, 2.05) is 22.6 Å². The van der Waals surface area contributed by atoms with Crippen molar-refractivity contribution in [2.24, 2.45) is 7.05 Å². The van der Waals surface area contributed by atoms with Gasteiger partial charge in [0, 0.05) is 22.2 Å². The minimum absolute atomic E-state index is 0. The number of hydrogen-bond donors (Lipinski definition) is 3. The summed E-state index contributed by atoms with van der Waals surface area (Å²) in [6.45, 7) is 1.56. The van der Waals surface area contributed by atoms with Crippen LogP contribution in [0.1, 0.15) is 24.4 Å². The van der Waals surface area contributed by atoms with Crippen molar-refractivity contribution in [2.75, 3.05) is 31.3 Å². The van der Waals surface area contributed by atoms with Crippen LogP contribution < -0.4 is 27.4 Å². The molecule has 1 aliphatic rings. The van der Waals surface area contributed by atoms with Crippen molar-refractivity contribution in [3.8, 4) is 11.4 Å². The highest BCUT2D eigenvalue weighted by molar-refractivity contribution is 14.1. The Morgan fingerprint density at radius 1 is 1.10 bits per heavy atom. The predicted octanol–water partition coefficient (Wildman–Crippen LogP) is 3.61. The smallest absolute Gasteiger partial charge is 0.336 e. The summed E-state index contributed by atoms with van der Waals surface area (Å²) in [6, 6.07) is 8.37. The lowest BCUT2D eigenvalue weighted by atomic mass is 10.1. The summed E-state index contributed by atoms with van der Waals surface area (Å²) in [5.41, 5.74) is -1.27. The van der Waals surface area contributed by atoms with E-state index in [2.05, 4.69) is 10.6 Å².